The first kappa shape index (κ1) is 17.3. The Kier molecular flexibility index (Phi) is 4.82. The molecular formula is C23H28N2O. The molecule has 1 aliphatic heterocycles. The maximum atomic E-state index is 12.9. The predicted molar refractivity (Wildman–Crippen MR) is 105 cm³/mol. The van der Waals surface area contributed by atoms with Crippen molar-refractivity contribution in [3.05, 3.63) is 71.8 Å². The standard InChI is InChI=1S/C23H28N2O/c1-17(25-22(26)20-16-23(20)12-14-24-15-13-23)21(18-8-4-2-5-9-18)19-10-6-3-7-11-19/h2-11,17,20-21,24H,12-16H2,1H3,(H,25,26). The molecule has 2 unspecified atom stereocenters. The Hall–Kier alpha value is -2.13. The van der Waals surface area contributed by atoms with E-state index in [2.05, 4.69) is 66.1 Å². The average Bonchev–Trinajstić information content (AvgIpc) is 3.37. The fraction of sp³-hybridized carbons (Fsp3) is 0.435. The molecule has 1 amide bonds. The first-order valence-corrected chi connectivity index (χ1v) is 9.81. The second-order valence-electron chi connectivity index (χ2n) is 7.97. The number of benzene rings is 2. The van der Waals surface area contributed by atoms with Gasteiger partial charge in [-0.15, -0.1) is 0 Å². The highest BCUT2D eigenvalue weighted by atomic mass is 16.2. The van der Waals surface area contributed by atoms with Crippen molar-refractivity contribution >= 4 is 5.91 Å². The van der Waals surface area contributed by atoms with Gasteiger partial charge in [0.05, 0.1) is 0 Å². The lowest BCUT2D eigenvalue weighted by atomic mass is 9.85. The van der Waals surface area contributed by atoms with Crippen molar-refractivity contribution in [3.63, 3.8) is 0 Å². The van der Waals surface area contributed by atoms with Gasteiger partial charge < -0.3 is 10.6 Å². The number of carbonyl (C=O) groups excluding carboxylic acids is 1. The molecule has 0 bridgehead atoms. The molecule has 1 spiro atoms. The minimum absolute atomic E-state index is 0.0617. The summed E-state index contributed by atoms with van der Waals surface area (Å²) in [6.07, 6.45) is 3.34. The van der Waals surface area contributed by atoms with Gasteiger partial charge in [-0.2, -0.15) is 0 Å². The highest BCUT2D eigenvalue weighted by molar-refractivity contribution is 5.83. The normalized spacial score (nSPS) is 22.2. The van der Waals surface area contributed by atoms with Crippen LogP contribution in [0.1, 0.15) is 43.2 Å². The Bertz CT molecular complexity index is 698. The molecule has 1 saturated heterocycles. The maximum absolute atomic E-state index is 12.9. The van der Waals surface area contributed by atoms with Crippen molar-refractivity contribution in [1.82, 2.24) is 10.6 Å². The summed E-state index contributed by atoms with van der Waals surface area (Å²) in [6.45, 7) is 4.24. The summed E-state index contributed by atoms with van der Waals surface area (Å²) >= 11 is 0. The summed E-state index contributed by atoms with van der Waals surface area (Å²) < 4.78 is 0. The molecule has 3 heteroatoms. The monoisotopic (exact) mass is 348 g/mol. The number of piperidine rings is 1. The topological polar surface area (TPSA) is 41.1 Å². The van der Waals surface area contributed by atoms with Crippen LogP contribution in [0.5, 0.6) is 0 Å². The minimum Gasteiger partial charge on any atom is -0.352 e. The first-order valence-electron chi connectivity index (χ1n) is 9.81. The summed E-state index contributed by atoms with van der Waals surface area (Å²) in [5, 5.41) is 6.76. The molecule has 2 N–H and O–H groups in total. The van der Waals surface area contributed by atoms with Crippen LogP contribution in [0.3, 0.4) is 0 Å². The second-order valence-corrected chi connectivity index (χ2v) is 7.97. The van der Waals surface area contributed by atoms with E-state index in [0.717, 1.165) is 32.4 Å². The quantitative estimate of drug-likeness (QED) is 0.865. The van der Waals surface area contributed by atoms with Crippen LogP contribution in [-0.2, 0) is 4.79 Å². The highest BCUT2D eigenvalue weighted by Crippen LogP contribution is 2.58. The lowest BCUT2D eigenvalue weighted by Crippen LogP contribution is -2.40. The third-order valence-corrected chi connectivity index (χ3v) is 6.29. The largest absolute Gasteiger partial charge is 0.352 e. The zero-order chi connectivity index (χ0) is 18.0. The van der Waals surface area contributed by atoms with Gasteiger partial charge in [0.25, 0.3) is 0 Å². The molecule has 1 heterocycles. The van der Waals surface area contributed by atoms with E-state index >= 15 is 0 Å². The van der Waals surface area contributed by atoms with E-state index in [1.54, 1.807) is 0 Å². The highest BCUT2D eigenvalue weighted by Gasteiger charge is 2.57. The van der Waals surface area contributed by atoms with Crippen LogP contribution in [0.25, 0.3) is 0 Å². The third-order valence-electron chi connectivity index (χ3n) is 6.29. The SMILES string of the molecule is CC(NC(=O)C1CC12CCNCC2)C(c1ccccc1)c1ccccc1. The van der Waals surface area contributed by atoms with Crippen LogP contribution < -0.4 is 10.6 Å². The Morgan fingerprint density at radius 1 is 1.00 bits per heavy atom. The van der Waals surface area contributed by atoms with E-state index in [1.165, 1.54) is 11.1 Å². The van der Waals surface area contributed by atoms with Gasteiger partial charge in [0.15, 0.2) is 0 Å². The smallest absolute Gasteiger partial charge is 0.223 e. The fourth-order valence-electron chi connectivity index (χ4n) is 4.69. The van der Waals surface area contributed by atoms with Gasteiger partial charge in [-0.3, -0.25) is 4.79 Å². The second kappa shape index (κ2) is 7.24. The molecular weight excluding hydrogens is 320 g/mol. The van der Waals surface area contributed by atoms with Crippen molar-refractivity contribution in [1.29, 1.82) is 0 Å². The molecule has 2 aromatic rings. The first-order chi connectivity index (χ1) is 12.7. The van der Waals surface area contributed by atoms with Crippen LogP contribution in [-0.4, -0.2) is 25.0 Å². The maximum Gasteiger partial charge on any atom is 0.223 e. The van der Waals surface area contributed by atoms with Crippen LogP contribution in [0.15, 0.2) is 60.7 Å². The number of amides is 1. The van der Waals surface area contributed by atoms with E-state index in [9.17, 15) is 4.79 Å². The Morgan fingerprint density at radius 3 is 2.08 bits per heavy atom. The van der Waals surface area contributed by atoms with Crippen LogP contribution >= 0.6 is 0 Å². The Morgan fingerprint density at radius 2 is 1.54 bits per heavy atom. The zero-order valence-electron chi connectivity index (χ0n) is 15.4. The zero-order valence-corrected chi connectivity index (χ0v) is 15.4. The van der Waals surface area contributed by atoms with Crippen molar-refractivity contribution in [3.8, 4) is 0 Å². The summed E-state index contributed by atoms with van der Waals surface area (Å²) in [5.74, 6) is 0.625. The van der Waals surface area contributed by atoms with Crippen LogP contribution in [0.4, 0.5) is 0 Å². The van der Waals surface area contributed by atoms with Gasteiger partial charge in [0, 0.05) is 17.9 Å². The van der Waals surface area contributed by atoms with Gasteiger partial charge in [0.1, 0.15) is 0 Å². The molecule has 2 aliphatic rings. The molecule has 0 radical (unpaired) electrons. The third kappa shape index (κ3) is 3.41. The molecule has 1 aliphatic carbocycles. The van der Waals surface area contributed by atoms with Crippen LogP contribution in [0, 0.1) is 11.3 Å². The fourth-order valence-corrected chi connectivity index (χ4v) is 4.69. The summed E-state index contributed by atoms with van der Waals surface area (Å²) in [5.41, 5.74) is 2.78. The number of carbonyl (C=O) groups is 1. The van der Waals surface area contributed by atoms with E-state index in [1.807, 2.05) is 12.1 Å². The van der Waals surface area contributed by atoms with E-state index in [4.69, 9.17) is 0 Å². The molecule has 3 nitrogen and oxygen atoms in total. The molecule has 2 atom stereocenters. The summed E-state index contributed by atoms with van der Waals surface area (Å²) in [6, 6.07) is 21.1. The van der Waals surface area contributed by atoms with Gasteiger partial charge in [0.2, 0.25) is 5.91 Å². The van der Waals surface area contributed by atoms with E-state index < -0.39 is 0 Å². The summed E-state index contributed by atoms with van der Waals surface area (Å²) in [4.78, 5) is 12.9. The summed E-state index contributed by atoms with van der Waals surface area (Å²) in [7, 11) is 0. The van der Waals surface area contributed by atoms with Gasteiger partial charge in [-0.05, 0) is 55.8 Å². The minimum atomic E-state index is 0.0617. The van der Waals surface area contributed by atoms with Crippen molar-refractivity contribution in [2.45, 2.75) is 38.1 Å². The molecule has 136 valence electrons. The van der Waals surface area contributed by atoms with E-state index in [-0.39, 0.29) is 29.2 Å². The number of hydrogen-bond acceptors (Lipinski definition) is 2. The Labute approximate surface area is 156 Å². The molecule has 4 rings (SSSR count). The predicted octanol–water partition coefficient (Wildman–Crippen LogP) is 3.71. The van der Waals surface area contributed by atoms with Gasteiger partial charge in [-0.25, -0.2) is 0 Å². The number of nitrogens with one attached hydrogen (secondary N) is 2. The van der Waals surface area contributed by atoms with Crippen molar-refractivity contribution < 1.29 is 4.79 Å². The van der Waals surface area contributed by atoms with E-state index in [0.29, 0.717) is 0 Å². The lowest BCUT2D eigenvalue weighted by molar-refractivity contribution is -0.124. The molecule has 26 heavy (non-hydrogen) atoms. The molecule has 2 fully saturated rings. The number of hydrogen-bond donors (Lipinski definition) is 2. The molecule has 1 saturated carbocycles. The molecule has 0 aromatic heterocycles. The molecule has 2 aromatic carbocycles. The number of rotatable bonds is 5. The Balaban J connectivity index is 1.50. The van der Waals surface area contributed by atoms with Crippen molar-refractivity contribution in [2.24, 2.45) is 11.3 Å². The van der Waals surface area contributed by atoms with Gasteiger partial charge >= 0.3 is 0 Å². The van der Waals surface area contributed by atoms with Crippen LogP contribution in [0.2, 0.25) is 0 Å². The van der Waals surface area contributed by atoms with Crippen molar-refractivity contribution in [2.75, 3.05) is 13.1 Å². The van der Waals surface area contributed by atoms with Gasteiger partial charge in [-0.1, -0.05) is 60.7 Å². The average molecular weight is 348 g/mol. The lowest BCUT2D eigenvalue weighted by Gasteiger charge is -2.27.